The number of likely N-dealkylation sites (tertiary alicyclic amines) is 1. The molecule has 1 fully saturated rings. The van der Waals surface area contributed by atoms with E-state index in [9.17, 15) is 14.7 Å². The molecule has 21 heavy (non-hydrogen) atoms. The summed E-state index contributed by atoms with van der Waals surface area (Å²) in [6.07, 6.45) is 1.59. The molecule has 2 rings (SSSR count). The molecule has 0 radical (unpaired) electrons. The number of aliphatic hydroxyl groups is 1. The van der Waals surface area contributed by atoms with E-state index in [1.54, 1.807) is 17.0 Å². The fourth-order valence-corrected chi connectivity index (χ4v) is 2.62. The molecule has 1 saturated heterocycles. The van der Waals surface area contributed by atoms with E-state index in [4.69, 9.17) is 0 Å². The summed E-state index contributed by atoms with van der Waals surface area (Å²) in [4.78, 5) is 25.4. The fraction of sp³-hybridized carbons (Fsp3) is 0.500. The average Bonchev–Trinajstić information content (AvgIpc) is 2.42. The summed E-state index contributed by atoms with van der Waals surface area (Å²) in [6.45, 7) is 4.61. The number of carbonyl (C=O) groups is 2. The van der Waals surface area contributed by atoms with E-state index in [0.29, 0.717) is 25.1 Å². The maximum atomic E-state index is 11.9. The standard InChI is InChI=1S/C16H22N2O3/c1-3-7-16(21)10-18(11-16)14(19)9-17-15(20)13-6-4-5-12(2)8-13/h4-6,8,21H,3,7,9-11H2,1-2H3,(H,17,20). The van der Waals surface area contributed by atoms with Crippen LogP contribution < -0.4 is 5.32 Å². The molecule has 1 aromatic rings. The van der Waals surface area contributed by atoms with Gasteiger partial charge in [0.1, 0.15) is 0 Å². The number of hydrogen-bond donors (Lipinski definition) is 2. The maximum absolute atomic E-state index is 11.9. The summed E-state index contributed by atoms with van der Waals surface area (Å²) < 4.78 is 0. The third-order valence-corrected chi connectivity index (χ3v) is 3.72. The average molecular weight is 290 g/mol. The van der Waals surface area contributed by atoms with Crippen LogP contribution in [-0.4, -0.2) is 47.1 Å². The normalized spacial score (nSPS) is 16.2. The van der Waals surface area contributed by atoms with Gasteiger partial charge < -0.3 is 15.3 Å². The highest BCUT2D eigenvalue weighted by atomic mass is 16.3. The van der Waals surface area contributed by atoms with Gasteiger partial charge in [0, 0.05) is 5.56 Å². The second-order valence-electron chi connectivity index (χ2n) is 5.78. The Morgan fingerprint density at radius 1 is 1.38 bits per heavy atom. The number of benzene rings is 1. The van der Waals surface area contributed by atoms with Gasteiger partial charge in [-0.15, -0.1) is 0 Å². The molecule has 0 spiro atoms. The first-order valence-electron chi connectivity index (χ1n) is 7.28. The van der Waals surface area contributed by atoms with Crippen LogP contribution in [0.2, 0.25) is 0 Å². The van der Waals surface area contributed by atoms with Crippen molar-refractivity contribution >= 4 is 11.8 Å². The van der Waals surface area contributed by atoms with Crippen LogP contribution in [0.5, 0.6) is 0 Å². The van der Waals surface area contributed by atoms with Crippen LogP contribution in [0.25, 0.3) is 0 Å². The van der Waals surface area contributed by atoms with Crippen LogP contribution in [0.4, 0.5) is 0 Å². The minimum Gasteiger partial charge on any atom is -0.386 e. The Hall–Kier alpha value is -1.88. The van der Waals surface area contributed by atoms with Crippen molar-refractivity contribution in [1.29, 1.82) is 0 Å². The van der Waals surface area contributed by atoms with E-state index in [1.165, 1.54) is 0 Å². The van der Waals surface area contributed by atoms with Gasteiger partial charge in [0.15, 0.2) is 0 Å². The number of amides is 2. The van der Waals surface area contributed by atoms with Crippen molar-refractivity contribution in [1.82, 2.24) is 10.2 Å². The second kappa shape index (κ2) is 6.26. The second-order valence-corrected chi connectivity index (χ2v) is 5.78. The molecule has 114 valence electrons. The molecule has 0 bridgehead atoms. The molecule has 5 heteroatoms. The molecule has 1 aliphatic heterocycles. The van der Waals surface area contributed by atoms with Gasteiger partial charge in [0.05, 0.1) is 25.2 Å². The minimum absolute atomic E-state index is 0.0328. The van der Waals surface area contributed by atoms with Crippen LogP contribution in [-0.2, 0) is 4.79 Å². The van der Waals surface area contributed by atoms with Crippen LogP contribution in [0, 0.1) is 6.92 Å². The van der Waals surface area contributed by atoms with Gasteiger partial charge in [-0.3, -0.25) is 9.59 Å². The molecule has 0 aliphatic carbocycles. The summed E-state index contributed by atoms with van der Waals surface area (Å²) in [6, 6.07) is 7.23. The smallest absolute Gasteiger partial charge is 0.251 e. The van der Waals surface area contributed by atoms with Crippen molar-refractivity contribution in [3.63, 3.8) is 0 Å². The van der Waals surface area contributed by atoms with E-state index in [1.807, 2.05) is 26.0 Å². The van der Waals surface area contributed by atoms with E-state index >= 15 is 0 Å². The molecule has 0 atom stereocenters. The zero-order valence-corrected chi connectivity index (χ0v) is 12.6. The Kier molecular flexibility index (Phi) is 4.63. The lowest BCUT2D eigenvalue weighted by molar-refractivity contribution is -0.155. The van der Waals surface area contributed by atoms with Crippen LogP contribution in [0.1, 0.15) is 35.7 Å². The number of aryl methyl sites for hydroxylation is 1. The van der Waals surface area contributed by atoms with E-state index in [0.717, 1.165) is 12.0 Å². The number of carbonyl (C=O) groups excluding carboxylic acids is 2. The number of nitrogens with zero attached hydrogens (tertiary/aromatic N) is 1. The summed E-state index contributed by atoms with van der Waals surface area (Å²) in [7, 11) is 0. The molecule has 1 aromatic carbocycles. The number of β-amino-alcohol motifs (C(OH)–C–C–N with tert-alkyl or cyclic N) is 1. The zero-order chi connectivity index (χ0) is 15.5. The topological polar surface area (TPSA) is 69.6 Å². The van der Waals surface area contributed by atoms with Crippen molar-refractivity contribution in [3.8, 4) is 0 Å². The highest BCUT2D eigenvalue weighted by molar-refractivity contribution is 5.96. The van der Waals surface area contributed by atoms with Crippen molar-refractivity contribution < 1.29 is 14.7 Å². The van der Waals surface area contributed by atoms with Gasteiger partial charge in [0.25, 0.3) is 5.91 Å². The molecular weight excluding hydrogens is 268 g/mol. The Labute approximate surface area is 125 Å². The molecule has 0 unspecified atom stereocenters. The van der Waals surface area contributed by atoms with E-state index in [-0.39, 0.29) is 18.4 Å². The van der Waals surface area contributed by atoms with Crippen molar-refractivity contribution in [3.05, 3.63) is 35.4 Å². The first kappa shape index (κ1) is 15.5. The van der Waals surface area contributed by atoms with Crippen LogP contribution in [0.15, 0.2) is 24.3 Å². The van der Waals surface area contributed by atoms with Gasteiger partial charge >= 0.3 is 0 Å². The molecule has 2 amide bonds. The lowest BCUT2D eigenvalue weighted by Crippen LogP contribution is -2.64. The predicted molar refractivity (Wildman–Crippen MR) is 80.0 cm³/mol. The Morgan fingerprint density at radius 2 is 2.10 bits per heavy atom. The van der Waals surface area contributed by atoms with Crippen LogP contribution >= 0.6 is 0 Å². The van der Waals surface area contributed by atoms with Gasteiger partial charge in [-0.1, -0.05) is 31.0 Å². The summed E-state index contributed by atoms with van der Waals surface area (Å²) in [5, 5.41) is 12.7. The largest absolute Gasteiger partial charge is 0.386 e. The number of nitrogens with one attached hydrogen (secondary N) is 1. The summed E-state index contributed by atoms with van der Waals surface area (Å²) >= 11 is 0. The molecule has 1 heterocycles. The number of rotatable bonds is 5. The summed E-state index contributed by atoms with van der Waals surface area (Å²) in [5.74, 6) is -0.409. The van der Waals surface area contributed by atoms with Gasteiger partial charge in [-0.05, 0) is 25.5 Å². The highest BCUT2D eigenvalue weighted by Gasteiger charge is 2.42. The predicted octanol–water partition coefficient (Wildman–Crippen LogP) is 1.10. The van der Waals surface area contributed by atoms with E-state index < -0.39 is 5.60 Å². The van der Waals surface area contributed by atoms with Gasteiger partial charge in [-0.25, -0.2) is 0 Å². The monoisotopic (exact) mass is 290 g/mol. The number of hydrogen-bond acceptors (Lipinski definition) is 3. The van der Waals surface area contributed by atoms with Gasteiger partial charge in [0.2, 0.25) is 5.91 Å². The maximum Gasteiger partial charge on any atom is 0.251 e. The summed E-state index contributed by atoms with van der Waals surface area (Å²) in [5.41, 5.74) is 0.820. The minimum atomic E-state index is -0.731. The lowest BCUT2D eigenvalue weighted by atomic mass is 9.89. The lowest BCUT2D eigenvalue weighted by Gasteiger charge is -2.46. The first-order valence-corrected chi connectivity index (χ1v) is 7.28. The van der Waals surface area contributed by atoms with Crippen molar-refractivity contribution in [2.45, 2.75) is 32.3 Å². The third kappa shape index (κ3) is 3.82. The molecule has 0 aromatic heterocycles. The molecule has 2 N–H and O–H groups in total. The molecular formula is C16H22N2O3. The van der Waals surface area contributed by atoms with Crippen molar-refractivity contribution in [2.24, 2.45) is 0 Å². The Bertz CT molecular complexity index is 536. The quantitative estimate of drug-likeness (QED) is 0.853. The first-order chi connectivity index (χ1) is 9.93. The Balaban J connectivity index is 1.79. The highest BCUT2D eigenvalue weighted by Crippen LogP contribution is 2.25. The SMILES string of the molecule is CCCC1(O)CN(C(=O)CNC(=O)c2cccc(C)c2)C1. The fourth-order valence-electron chi connectivity index (χ4n) is 2.62. The van der Waals surface area contributed by atoms with Gasteiger partial charge in [-0.2, -0.15) is 0 Å². The van der Waals surface area contributed by atoms with Crippen molar-refractivity contribution in [2.75, 3.05) is 19.6 Å². The van der Waals surface area contributed by atoms with Crippen LogP contribution in [0.3, 0.4) is 0 Å². The molecule has 0 saturated carbocycles. The zero-order valence-electron chi connectivity index (χ0n) is 12.6. The molecule has 1 aliphatic rings. The Morgan fingerprint density at radius 3 is 2.71 bits per heavy atom. The third-order valence-electron chi connectivity index (χ3n) is 3.72. The molecule has 5 nitrogen and oxygen atoms in total. The van der Waals surface area contributed by atoms with E-state index in [2.05, 4.69) is 5.32 Å².